The van der Waals surface area contributed by atoms with Crippen LogP contribution in [0.15, 0.2) is 30.3 Å². The number of hydrogen-bond acceptors (Lipinski definition) is 6. The van der Waals surface area contributed by atoms with Gasteiger partial charge in [0, 0.05) is 25.3 Å². The van der Waals surface area contributed by atoms with Crippen LogP contribution >= 0.6 is 0 Å². The molecule has 0 radical (unpaired) electrons. The van der Waals surface area contributed by atoms with Gasteiger partial charge in [0.05, 0.1) is 6.54 Å². The number of carbonyl (C=O) groups excluding carboxylic acids is 5. The summed E-state index contributed by atoms with van der Waals surface area (Å²) in [6.07, 6.45) is 7.23. The maximum absolute atomic E-state index is 12.7. The van der Waals surface area contributed by atoms with Gasteiger partial charge >= 0.3 is 0 Å². The van der Waals surface area contributed by atoms with Crippen LogP contribution in [0, 0.1) is 18.3 Å². The van der Waals surface area contributed by atoms with E-state index in [0.29, 0.717) is 25.8 Å². The molecule has 34 heavy (non-hydrogen) atoms. The molecular formula is C23H34N6O5. The van der Waals surface area contributed by atoms with Crippen LogP contribution < -0.4 is 33.2 Å². The molecule has 1 aromatic rings. The highest BCUT2D eigenvalue weighted by Crippen LogP contribution is 2.09. The van der Waals surface area contributed by atoms with Crippen molar-refractivity contribution >= 4 is 30.0 Å². The van der Waals surface area contributed by atoms with Crippen LogP contribution in [0.1, 0.15) is 31.7 Å². The highest BCUT2D eigenvalue weighted by atomic mass is 16.2. The molecule has 11 heteroatoms. The van der Waals surface area contributed by atoms with E-state index in [4.69, 9.17) is 17.9 Å². The summed E-state index contributed by atoms with van der Waals surface area (Å²) in [6, 6.07) is 7.30. The van der Waals surface area contributed by atoms with Gasteiger partial charge in [0.25, 0.3) is 0 Å². The van der Waals surface area contributed by atoms with Crippen molar-refractivity contribution in [1.29, 1.82) is 0 Å². The monoisotopic (exact) mass is 474 g/mol. The van der Waals surface area contributed by atoms with Crippen LogP contribution in [-0.4, -0.2) is 55.2 Å². The highest BCUT2D eigenvalue weighted by molar-refractivity contribution is 5.92. The second-order valence-electron chi connectivity index (χ2n) is 7.41. The van der Waals surface area contributed by atoms with Gasteiger partial charge in [0.1, 0.15) is 12.1 Å². The van der Waals surface area contributed by atoms with E-state index in [2.05, 4.69) is 27.6 Å². The molecule has 0 aromatic heterocycles. The lowest BCUT2D eigenvalue weighted by molar-refractivity contribution is -0.132. The molecule has 9 N–H and O–H groups in total. The molecule has 0 aliphatic heterocycles. The molecular weight excluding hydrogens is 440 g/mol. The van der Waals surface area contributed by atoms with E-state index in [0.717, 1.165) is 5.56 Å². The van der Waals surface area contributed by atoms with Crippen LogP contribution in [0.5, 0.6) is 0 Å². The summed E-state index contributed by atoms with van der Waals surface area (Å²) in [4.78, 5) is 56.5. The van der Waals surface area contributed by atoms with E-state index in [9.17, 15) is 24.0 Å². The fourth-order valence-corrected chi connectivity index (χ4v) is 2.69. The zero-order chi connectivity index (χ0) is 25.9. The number of terminal acetylenes is 1. The van der Waals surface area contributed by atoms with Crippen molar-refractivity contribution in [2.24, 2.45) is 23.1 Å². The number of nitrogens with one attached hydrogen (secondary N) is 3. The predicted octanol–water partition coefficient (Wildman–Crippen LogP) is -1.70. The van der Waals surface area contributed by atoms with Gasteiger partial charge in [-0.15, -0.1) is 12.3 Å². The molecule has 0 aliphatic carbocycles. The van der Waals surface area contributed by atoms with Gasteiger partial charge in [-0.05, 0) is 18.4 Å². The SMILES string of the molecule is C#CCC(NC(=O)C(Cc1ccccc1)NC(=O)C(C)CCCNC=O)C(N)=O.NCC(N)=O. The molecule has 0 saturated carbocycles. The Labute approximate surface area is 199 Å². The number of nitrogens with two attached hydrogens (primary N) is 3. The summed E-state index contributed by atoms with van der Waals surface area (Å²) >= 11 is 0. The molecule has 1 aromatic carbocycles. The van der Waals surface area contributed by atoms with E-state index in [1.54, 1.807) is 6.92 Å². The normalized spacial score (nSPS) is 12.4. The Balaban J connectivity index is 0.00000196. The summed E-state index contributed by atoms with van der Waals surface area (Å²) < 4.78 is 0. The minimum Gasteiger partial charge on any atom is -0.369 e. The third kappa shape index (κ3) is 13.5. The van der Waals surface area contributed by atoms with E-state index in [-0.39, 0.29) is 31.2 Å². The molecule has 3 atom stereocenters. The number of benzene rings is 1. The van der Waals surface area contributed by atoms with Crippen molar-refractivity contribution < 1.29 is 24.0 Å². The van der Waals surface area contributed by atoms with Gasteiger partial charge in [0.15, 0.2) is 0 Å². The predicted molar refractivity (Wildman–Crippen MR) is 127 cm³/mol. The molecule has 1 rings (SSSR count). The van der Waals surface area contributed by atoms with Crippen molar-refractivity contribution in [3.63, 3.8) is 0 Å². The maximum atomic E-state index is 12.7. The fourth-order valence-electron chi connectivity index (χ4n) is 2.69. The minimum atomic E-state index is -1.01. The van der Waals surface area contributed by atoms with E-state index in [1.807, 2.05) is 30.3 Å². The molecule has 0 aliphatic rings. The Morgan fingerprint density at radius 3 is 2.15 bits per heavy atom. The van der Waals surface area contributed by atoms with E-state index in [1.165, 1.54) is 0 Å². The lowest BCUT2D eigenvalue weighted by atomic mass is 10.0. The number of rotatable bonds is 14. The molecule has 0 fully saturated rings. The Bertz CT molecular complexity index is 840. The first-order valence-electron chi connectivity index (χ1n) is 10.7. The first-order valence-corrected chi connectivity index (χ1v) is 10.7. The Morgan fingerprint density at radius 1 is 1.06 bits per heavy atom. The minimum absolute atomic E-state index is 0.0345. The van der Waals surface area contributed by atoms with Gasteiger partial charge < -0.3 is 33.2 Å². The maximum Gasteiger partial charge on any atom is 0.243 e. The third-order valence-electron chi connectivity index (χ3n) is 4.59. The number of amides is 5. The Hall–Kier alpha value is -3.91. The summed E-state index contributed by atoms with van der Waals surface area (Å²) in [7, 11) is 0. The van der Waals surface area contributed by atoms with Crippen molar-refractivity contribution in [2.45, 2.75) is 44.7 Å². The summed E-state index contributed by atoms with van der Waals surface area (Å²) in [5.74, 6) is -0.0821. The first kappa shape index (κ1) is 30.1. The van der Waals surface area contributed by atoms with E-state index >= 15 is 0 Å². The zero-order valence-electron chi connectivity index (χ0n) is 19.3. The largest absolute Gasteiger partial charge is 0.369 e. The van der Waals surface area contributed by atoms with Gasteiger partial charge in [-0.3, -0.25) is 24.0 Å². The average molecular weight is 475 g/mol. The first-order chi connectivity index (χ1) is 16.2. The molecule has 5 amide bonds. The van der Waals surface area contributed by atoms with Gasteiger partial charge in [-0.2, -0.15) is 0 Å². The van der Waals surface area contributed by atoms with Crippen LogP contribution in [0.2, 0.25) is 0 Å². The smallest absolute Gasteiger partial charge is 0.243 e. The summed E-state index contributed by atoms with van der Waals surface area (Å²) in [5, 5.41) is 7.81. The molecule has 11 nitrogen and oxygen atoms in total. The van der Waals surface area contributed by atoms with E-state index < -0.39 is 29.8 Å². The van der Waals surface area contributed by atoms with Crippen LogP contribution in [0.3, 0.4) is 0 Å². The Morgan fingerprint density at radius 2 is 1.65 bits per heavy atom. The van der Waals surface area contributed by atoms with Gasteiger partial charge in [-0.1, -0.05) is 37.3 Å². The quantitative estimate of drug-likeness (QED) is 0.105. The van der Waals surface area contributed by atoms with Crippen LogP contribution in [-0.2, 0) is 30.4 Å². The van der Waals surface area contributed by atoms with Crippen LogP contribution in [0.25, 0.3) is 0 Å². The second-order valence-corrected chi connectivity index (χ2v) is 7.41. The van der Waals surface area contributed by atoms with Gasteiger partial charge in [-0.25, -0.2) is 0 Å². The zero-order valence-corrected chi connectivity index (χ0v) is 19.3. The lowest BCUT2D eigenvalue weighted by Crippen LogP contribution is -2.54. The standard InChI is InChI=1S/C21H28N4O4.C2H6N2O/c1-3-8-17(19(22)27)24-21(29)18(13-16-10-5-4-6-11-16)25-20(28)15(2)9-7-12-23-14-26;3-1-2(4)5/h1,4-6,10-11,14-15,17-18H,7-9,12-13H2,2H3,(H2,22,27)(H,23,26)(H,24,29)(H,25,28);1,3H2,(H2,4,5). The van der Waals surface area contributed by atoms with Crippen molar-refractivity contribution in [3.8, 4) is 12.3 Å². The topological polar surface area (TPSA) is 200 Å². The fraction of sp³-hybridized carbons (Fsp3) is 0.435. The molecule has 0 saturated heterocycles. The highest BCUT2D eigenvalue weighted by Gasteiger charge is 2.27. The van der Waals surface area contributed by atoms with Crippen molar-refractivity contribution in [3.05, 3.63) is 35.9 Å². The molecule has 0 heterocycles. The average Bonchev–Trinajstić information content (AvgIpc) is 2.81. The third-order valence-corrected chi connectivity index (χ3v) is 4.59. The second kappa shape index (κ2) is 17.6. The van der Waals surface area contributed by atoms with Gasteiger partial charge in [0.2, 0.25) is 30.0 Å². The van der Waals surface area contributed by atoms with Crippen molar-refractivity contribution in [2.75, 3.05) is 13.1 Å². The lowest BCUT2D eigenvalue weighted by Gasteiger charge is -2.23. The number of hydrogen-bond donors (Lipinski definition) is 6. The summed E-state index contributed by atoms with van der Waals surface area (Å²) in [6.45, 7) is 2.17. The number of carbonyl (C=O) groups is 5. The molecule has 0 spiro atoms. The molecule has 0 bridgehead atoms. The van der Waals surface area contributed by atoms with Crippen LogP contribution in [0.4, 0.5) is 0 Å². The number of primary amides is 2. The van der Waals surface area contributed by atoms with Crippen molar-refractivity contribution in [1.82, 2.24) is 16.0 Å². The Kier molecular flexibility index (Phi) is 15.6. The summed E-state index contributed by atoms with van der Waals surface area (Å²) in [5.41, 5.74) is 15.4. The molecule has 3 unspecified atom stereocenters. The molecule has 186 valence electrons.